The fourth-order valence-corrected chi connectivity index (χ4v) is 3.43. The SMILES string of the molecule is N#Cc1cc([N+](=O)[O-])c(N2C(N)=NC(N)=NC23CCCCC3)cc1F. The number of nitro groups is 1. The molecule has 1 aliphatic carbocycles. The summed E-state index contributed by atoms with van der Waals surface area (Å²) in [6.07, 6.45) is 3.76. The minimum Gasteiger partial charge on any atom is -0.369 e. The summed E-state index contributed by atoms with van der Waals surface area (Å²) in [4.78, 5) is 20.5. The van der Waals surface area contributed by atoms with Crippen molar-refractivity contribution in [1.82, 2.24) is 0 Å². The molecule has 0 amide bonds. The highest BCUT2D eigenvalue weighted by atomic mass is 19.1. The Morgan fingerprint density at radius 3 is 2.60 bits per heavy atom. The van der Waals surface area contributed by atoms with E-state index in [2.05, 4.69) is 9.98 Å². The summed E-state index contributed by atoms with van der Waals surface area (Å²) in [5.41, 5.74) is 9.89. The molecule has 0 bridgehead atoms. The zero-order chi connectivity index (χ0) is 18.2. The van der Waals surface area contributed by atoms with Crippen molar-refractivity contribution in [2.75, 3.05) is 4.90 Å². The Morgan fingerprint density at radius 1 is 1.32 bits per heavy atom. The first-order valence-electron chi connectivity index (χ1n) is 7.76. The molecule has 0 saturated heterocycles. The second kappa shape index (κ2) is 6.01. The van der Waals surface area contributed by atoms with E-state index >= 15 is 0 Å². The summed E-state index contributed by atoms with van der Waals surface area (Å²) < 4.78 is 14.2. The van der Waals surface area contributed by atoms with Gasteiger partial charge in [-0.05, 0) is 25.7 Å². The van der Waals surface area contributed by atoms with Crippen LogP contribution < -0.4 is 16.4 Å². The Balaban J connectivity index is 2.22. The maximum Gasteiger partial charge on any atom is 0.294 e. The normalized spacial score (nSPS) is 19.1. The number of guanidine groups is 2. The number of nitrogens with two attached hydrogens (primary N) is 2. The number of nitro benzene ring substituents is 1. The molecule has 1 aromatic carbocycles. The molecule has 0 atom stereocenters. The number of benzene rings is 1. The number of hydrogen-bond donors (Lipinski definition) is 2. The fourth-order valence-electron chi connectivity index (χ4n) is 3.43. The van der Waals surface area contributed by atoms with Gasteiger partial charge in [-0.3, -0.25) is 15.0 Å². The van der Waals surface area contributed by atoms with Crippen LogP contribution in [-0.4, -0.2) is 22.5 Å². The molecular formula is C15H16FN7O2. The quantitative estimate of drug-likeness (QED) is 0.616. The highest BCUT2D eigenvalue weighted by Gasteiger charge is 2.45. The van der Waals surface area contributed by atoms with Crippen molar-refractivity contribution in [1.29, 1.82) is 5.26 Å². The smallest absolute Gasteiger partial charge is 0.294 e. The van der Waals surface area contributed by atoms with Crippen LogP contribution in [-0.2, 0) is 0 Å². The van der Waals surface area contributed by atoms with Crippen molar-refractivity contribution >= 4 is 23.3 Å². The third kappa shape index (κ3) is 2.73. The lowest BCUT2D eigenvalue weighted by atomic mass is 9.87. The largest absolute Gasteiger partial charge is 0.369 e. The van der Waals surface area contributed by atoms with Crippen LogP contribution >= 0.6 is 0 Å². The number of rotatable bonds is 2. The average Bonchev–Trinajstić information content (AvgIpc) is 2.54. The van der Waals surface area contributed by atoms with Gasteiger partial charge in [-0.15, -0.1) is 0 Å². The average molecular weight is 345 g/mol. The van der Waals surface area contributed by atoms with Gasteiger partial charge >= 0.3 is 0 Å². The molecule has 2 aliphatic rings. The monoisotopic (exact) mass is 345 g/mol. The van der Waals surface area contributed by atoms with E-state index in [1.165, 1.54) is 4.90 Å². The molecule has 10 heteroatoms. The Kier molecular flexibility index (Phi) is 4.00. The highest BCUT2D eigenvalue weighted by molar-refractivity contribution is 6.06. The van der Waals surface area contributed by atoms with Gasteiger partial charge in [-0.1, -0.05) is 6.42 Å². The first-order chi connectivity index (χ1) is 11.9. The molecule has 9 nitrogen and oxygen atoms in total. The topological polar surface area (TPSA) is 147 Å². The van der Waals surface area contributed by atoms with Crippen molar-refractivity contribution in [2.24, 2.45) is 21.5 Å². The van der Waals surface area contributed by atoms with E-state index in [4.69, 9.17) is 16.7 Å². The molecule has 3 rings (SSSR count). The Hall–Kier alpha value is -3.22. The van der Waals surface area contributed by atoms with Crippen molar-refractivity contribution in [3.8, 4) is 6.07 Å². The van der Waals surface area contributed by atoms with Gasteiger partial charge in [0.15, 0.2) is 0 Å². The summed E-state index contributed by atoms with van der Waals surface area (Å²) in [5.74, 6) is -0.960. The van der Waals surface area contributed by atoms with Gasteiger partial charge in [0.1, 0.15) is 23.2 Å². The molecule has 1 fully saturated rings. The van der Waals surface area contributed by atoms with Gasteiger partial charge < -0.3 is 11.5 Å². The number of halogens is 1. The molecule has 1 saturated carbocycles. The van der Waals surface area contributed by atoms with E-state index in [1.807, 2.05) is 0 Å². The van der Waals surface area contributed by atoms with Crippen molar-refractivity contribution < 1.29 is 9.31 Å². The molecule has 1 heterocycles. The molecule has 0 unspecified atom stereocenters. The first-order valence-corrected chi connectivity index (χ1v) is 7.76. The van der Waals surface area contributed by atoms with Gasteiger partial charge in [0.05, 0.1) is 10.5 Å². The van der Waals surface area contributed by atoms with E-state index in [0.29, 0.717) is 12.8 Å². The number of hydrogen-bond acceptors (Lipinski definition) is 8. The molecule has 0 aromatic heterocycles. The molecule has 130 valence electrons. The Labute approximate surface area is 142 Å². The van der Waals surface area contributed by atoms with Gasteiger partial charge in [0, 0.05) is 12.1 Å². The Bertz CT molecular complexity index is 837. The van der Waals surface area contributed by atoms with E-state index in [1.54, 1.807) is 6.07 Å². The number of nitrogens with zero attached hydrogens (tertiary/aromatic N) is 5. The van der Waals surface area contributed by atoms with Crippen LogP contribution in [0, 0.1) is 27.3 Å². The van der Waals surface area contributed by atoms with Gasteiger partial charge in [0.25, 0.3) is 5.69 Å². The molecule has 1 aromatic rings. The van der Waals surface area contributed by atoms with Crippen LogP contribution in [0.1, 0.15) is 37.7 Å². The van der Waals surface area contributed by atoms with Crippen LogP contribution in [0.2, 0.25) is 0 Å². The zero-order valence-electron chi connectivity index (χ0n) is 13.3. The number of anilines is 1. The van der Waals surface area contributed by atoms with Crippen LogP contribution in [0.3, 0.4) is 0 Å². The van der Waals surface area contributed by atoms with Gasteiger partial charge in [-0.25, -0.2) is 9.38 Å². The summed E-state index contributed by atoms with van der Waals surface area (Å²) in [7, 11) is 0. The van der Waals surface area contributed by atoms with Crippen LogP contribution in [0.25, 0.3) is 0 Å². The maximum absolute atomic E-state index is 14.2. The summed E-state index contributed by atoms with van der Waals surface area (Å²) in [6, 6.07) is 3.44. The third-order valence-corrected chi connectivity index (χ3v) is 4.47. The molecule has 1 spiro atoms. The van der Waals surface area contributed by atoms with Crippen LogP contribution in [0.4, 0.5) is 15.8 Å². The summed E-state index contributed by atoms with van der Waals surface area (Å²) in [5, 5.41) is 20.4. The molecule has 4 N–H and O–H groups in total. The second-order valence-electron chi connectivity index (χ2n) is 6.01. The van der Waals surface area contributed by atoms with E-state index in [9.17, 15) is 14.5 Å². The standard InChI is InChI=1S/C15H16FN7O2/c16-10-7-11(12(23(24)25)6-9(10)8-17)22-14(19)20-13(18)21-15(22)4-2-1-3-5-15/h6-7H,1-5H2,(H4,18,19,20,21). The minimum absolute atomic E-state index is 0.00702. The van der Waals surface area contributed by atoms with Crippen molar-refractivity contribution in [3.63, 3.8) is 0 Å². The van der Waals surface area contributed by atoms with E-state index < -0.39 is 27.7 Å². The molecule has 25 heavy (non-hydrogen) atoms. The predicted octanol–water partition coefficient (Wildman–Crippen LogP) is 1.72. The molecule has 0 radical (unpaired) electrons. The van der Waals surface area contributed by atoms with E-state index in [-0.39, 0.29) is 17.6 Å². The fraction of sp³-hybridized carbons (Fsp3) is 0.400. The summed E-state index contributed by atoms with van der Waals surface area (Å²) in [6.45, 7) is 0. The number of nitriles is 1. The first kappa shape index (κ1) is 16.6. The van der Waals surface area contributed by atoms with Gasteiger partial charge in [0.2, 0.25) is 11.9 Å². The maximum atomic E-state index is 14.2. The molecular weight excluding hydrogens is 329 g/mol. The van der Waals surface area contributed by atoms with Crippen LogP contribution in [0.15, 0.2) is 22.1 Å². The van der Waals surface area contributed by atoms with Crippen molar-refractivity contribution in [2.45, 2.75) is 37.8 Å². The Morgan fingerprint density at radius 2 is 2.00 bits per heavy atom. The third-order valence-electron chi connectivity index (χ3n) is 4.47. The predicted molar refractivity (Wildman–Crippen MR) is 89.3 cm³/mol. The number of aliphatic imine (C=N–C) groups is 2. The van der Waals surface area contributed by atoms with Gasteiger partial charge in [-0.2, -0.15) is 10.3 Å². The lowest BCUT2D eigenvalue weighted by Crippen LogP contribution is -2.58. The second-order valence-corrected chi connectivity index (χ2v) is 6.01. The summed E-state index contributed by atoms with van der Waals surface area (Å²) >= 11 is 0. The lowest BCUT2D eigenvalue weighted by molar-refractivity contribution is -0.384. The van der Waals surface area contributed by atoms with Crippen LogP contribution in [0.5, 0.6) is 0 Å². The highest BCUT2D eigenvalue weighted by Crippen LogP contribution is 2.43. The molecule has 1 aliphatic heterocycles. The van der Waals surface area contributed by atoms with Crippen molar-refractivity contribution in [3.05, 3.63) is 33.6 Å². The van der Waals surface area contributed by atoms with E-state index in [0.717, 1.165) is 31.4 Å². The minimum atomic E-state index is -0.931. The zero-order valence-corrected chi connectivity index (χ0v) is 13.3. The lowest BCUT2D eigenvalue weighted by Gasteiger charge is -2.45.